The predicted octanol–water partition coefficient (Wildman–Crippen LogP) is 2.11. The van der Waals surface area contributed by atoms with E-state index in [0.717, 1.165) is 18.4 Å². The first-order valence-electron chi connectivity index (χ1n) is 7.55. The molecule has 1 aromatic carbocycles. The summed E-state index contributed by atoms with van der Waals surface area (Å²) in [5.74, 6) is -1.01. The van der Waals surface area contributed by atoms with Crippen LogP contribution < -0.4 is 5.32 Å². The molecule has 1 saturated carbocycles. The number of piperidine rings is 1. The summed E-state index contributed by atoms with van der Waals surface area (Å²) < 4.78 is 16.3. The first-order valence-corrected chi connectivity index (χ1v) is 7.55. The van der Waals surface area contributed by atoms with Gasteiger partial charge in [-0.25, -0.2) is 4.39 Å². The van der Waals surface area contributed by atoms with Gasteiger partial charge < -0.3 is 0 Å². The van der Waals surface area contributed by atoms with Gasteiger partial charge in [0.2, 0.25) is 11.8 Å². The molecule has 0 radical (unpaired) electrons. The average molecular weight is 301 g/mol. The lowest BCUT2D eigenvalue weighted by atomic mass is 9.92. The molecular formula is C16H16FN3O2. The SMILES string of the molecule is Cn1nc(C2CCC(=O)NC2=O)c2ccc(C3CC3)c(F)c21. The molecule has 1 unspecified atom stereocenters. The molecule has 6 heteroatoms. The Morgan fingerprint density at radius 3 is 2.73 bits per heavy atom. The van der Waals surface area contributed by atoms with Crippen LogP contribution in [-0.4, -0.2) is 21.6 Å². The van der Waals surface area contributed by atoms with E-state index in [1.165, 1.54) is 4.68 Å². The van der Waals surface area contributed by atoms with Gasteiger partial charge in [-0.05, 0) is 30.7 Å². The van der Waals surface area contributed by atoms with E-state index in [9.17, 15) is 14.0 Å². The van der Waals surface area contributed by atoms with Crippen LogP contribution in [0.5, 0.6) is 0 Å². The molecule has 1 atom stereocenters. The molecule has 2 heterocycles. The summed E-state index contributed by atoms with van der Waals surface area (Å²) in [5.41, 5.74) is 1.75. The number of imide groups is 1. The maximum absolute atomic E-state index is 14.7. The number of nitrogens with one attached hydrogen (secondary N) is 1. The second-order valence-corrected chi connectivity index (χ2v) is 6.15. The molecule has 5 nitrogen and oxygen atoms in total. The van der Waals surface area contributed by atoms with E-state index < -0.39 is 5.92 Å². The molecular weight excluding hydrogens is 285 g/mol. The first kappa shape index (κ1) is 13.4. The second kappa shape index (κ2) is 4.63. The number of hydrogen-bond donors (Lipinski definition) is 1. The quantitative estimate of drug-likeness (QED) is 0.864. The Bertz CT molecular complexity index is 807. The molecule has 2 fully saturated rings. The Morgan fingerprint density at radius 1 is 1.27 bits per heavy atom. The minimum absolute atomic E-state index is 0.228. The van der Waals surface area contributed by atoms with E-state index >= 15 is 0 Å². The zero-order chi connectivity index (χ0) is 15.4. The van der Waals surface area contributed by atoms with Gasteiger partial charge >= 0.3 is 0 Å². The molecule has 4 rings (SSSR count). The molecule has 1 aliphatic carbocycles. The van der Waals surface area contributed by atoms with E-state index in [4.69, 9.17) is 0 Å². The van der Waals surface area contributed by atoms with Crippen molar-refractivity contribution in [3.05, 3.63) is 29.2 Å². The maximum Gasteiger partial charge on any atom is 0.235 e. The Morgan fingerprint density at radius 2 is 2.05 bits per heavy atom. The van der Waals surface area contributed by atoms with Gasteiger partial charge in [-0.15, -0.1) is 0 Å². The van der Waals surface area contributed by atoms with Crippen LogP contribution in [0.4, 0.5) is 4.39 Å². The van der Waals surface area contributed by atoms with E-state index in [0.29, 0.717) is 28.9 Å². The van der Waals surface area contributed by atoms with Gasteiger partial charge in [-0.1, -0.05) is 12.1 Å². The van der Waals surface area contributed by atoms with E-state index in [2.05, 4.69) is 10.4 Å². The van der Waals surface area contributed by atoms with Crippen LogP contribution in [0.3, 0.4) is 0 Å². The molecule has 1 aromatic heterocycles. The lowest BCUT2D eigenvalue weighted by molar-refractivity contribution is -0.134. The topological polar surface area (TPSA) is 64.0 Å². The highest BCUT2D eigenvalue weighted by molar-refractivity contribution is 6.02. The van der Waals surface area contributed by atoms with Gasteiger partial charge in [0.25, 0.3) is 0 Å². The van der Waals surface area contributed by atoms with Gasteiger partial charge in [0.15, 0.2) is 5.82 Å². The normalized spacial score (nSPS) is 22.2. The number of rotatable bonds is 2. The molecule has 22 heavy (non-hydrogen) atoms. The maximum atomic E-state index is 14.7. The van der Waals surface area contributed by atoms with Crippen molar-refractivity contribution in [2.45, 2.75) is 37.5 Å². The van der Waals surface area contributed by atoms with Crippen LogP contribution in [0.2, 0.25) is 0 Å². The van der Waals surface area contributed by atoms with Gasteiger partial charge in [0, 0.05) is 18.9 Å². The van der Waals surface area contributed by atoms with Gasteiger partial charge in [-0.3, -0.25) is 19.6 Å². The molecule has 1 aliphatic heterocycles. The lowest BCUT2D eigenvalue weighted by Gasteiger charge is -2.19. The van der Waals surface area contributed by atoms with E-state index in [1.54, 1.807) is 7.05 Å². The molecule has 1 N–H and O–H groups in total. The minimum atomic E-state index is -0.493. The lowest BCUT2D eigenvalue weighted by Crippen LogP contribution is -2.39. The number of carbonyl (C=O) groups is 2. The summed E-state index contributed by atoms with van der Waals surface area (Å²) in [5, 5.41) is 7.38. The summed E-state index contributed by atoms with van der Waals surface area (Å²) in [7, 11) is 1.69. The summed E-state index contributed by atoms with van der Waals surface area (Å²) in [6.45, 7) is 0. The van der Waals surface area contributed by atoms with Crippen molar-refractivity contribution in [2.24, 2.45) is 7.05 Å². The smallest absolute Gasteiger partial charge is 0.235 e. The van der Waals surface area contributed by atoms with Crippen LogP contribution in [0, 0.1) is 5.82 Å². The van der Waals surface area contributed by atoms with Crippen molar-refractivity contribution in [1.82, 2.24) is 15.1 Å². The second-order valence-electron chi connectivity index (χ2n) is 6.15. The Labute approximate surface area is 126 Å². The fourth-order valence-electron chi connectivity index (χ4n) is 3.29. The van der Waals surface area contributed by atoms with Crippen molar-refractivity contribution in [2.75, 3.05) is 0 Å². The molecule has 0 spiro atoms. The van der Waals surface area contributed by atoms with Crippen molar-refractivity contribution in [3.8, 4) is 0 Å². The molecule has 2 aromatic rings. The van der Waals surface area contributed by atoms with Crippen LogP contribution in [0.25, 0.3) is 10.9 Å². The summed E-state index contributed by atoms with van der Waals surface area (Å²) in [6, 6.07) is 3.67. The van der Waals surface area contributed by atoms with Crippen LogP contribution in [-0.2, 0) is 16.6 Å². The molecule has 114 valence electrons. The van der Waals surface area contributed by atoms with Gasteiger partial charge in [0.05, 0.1) is 11.6 Å². The van der Waals surface area contributed by atoms with E-state index in [-0.39, 0.29) is 24.1 Å². The van der Waals surface area contributed by atoms with Crippen molar-refractivity contribution in [1.29, 1.82) is 0 Å². The number of aromatic nitrogens is 2. The van der Waals surface area contributed by atoms with Crippen molar-refractivity contribution < 1.29 is 14.0 Å². The van der Waals surface area contributed by atoms with Crippen molar-refractivity contribution >= 4 is 22.7 Å². The largest absolute Gasteiger partial charge is 0.296 e. The van der Waals surface area contributed by atoms with E-state index in [1.807, 2.05) is 12.1 Å². The Balaban J connectivity index is 1.84. The number of nitrogens with zero attached hydrogens (tertiary/aromatic N) is 2. The number of benzene rings is 1. The highest BCUT2D eigenvalue weighted by Gasteiger charge is 2.33. The van der Waals surface area contributed by atoms with Crippen molar-refractivity contribution in [3.63, 3.8) is 0 Å². The number of amides is 2. The number of hydrogen-bond acceptors (Lipinski definition) is 3. The molecule has 2 aliphatic rings. The number of fused-ring (bicyclic) bond motifs is 1. The minimum Gasteiger partial charge on any atom is -0.296 e. The fraction of sp³-hybridized carbons (Fsp3) is 0.438. The summed E-state index contributed by atoms with van der Waals surface area (Å²) >= 11 is 0. The standard InChI is InChI=1S/C16H16FN3O2/c1-20-15-10(5-4-9(13(15)17)8-2-3-8)14(19-20)11-6-7-12(21)18-16(11)22/h4-5,8,11H,2-3,6-7H2,1H3,(H,18,21,22). The van der Waals surface area contributed by atoms with Gasteiger partial charge in [0.1, 0.15) is 5.52 Å². The number of aryl methyl sites for hydroxylation is 1. The van der Waals surface area contributed by atoms with Crippen LogP contribution in [0.15, 0.2) is 12.1 Å². The molecule has 1 saturated heterocycles. The number of halogens is 1. The van der Waals surface area contributed by atoms with Crippen LogP contribution >= 0.6 is 0 Å². The first-order chi connectivity index (χ1) is 10.6. The number of carbonyl (C=O) groups excluding carboxylic acids is 2. The molecule has 2 amide bonds. The monoisotopic (exact) mass is 301 g/mol. The predicted molar refractivity (Wildman–Crippen MR) is 77.8 cm³/mol. The summed E-state index contributed by atoms with van der Waals surface area (Å²) in [4.78, 5) is 23.3. The summed E-state index contributed by atoms with van der Waals surface area (Å²) in [6.07, 6.45) is 2.76. The average Bonchev–Trinajstić information content (AvgIpc) is 3.24. The zero-order valence-electron chi connectivity index (χ0n) is 12.2. The third-order valence-corrected chi connectivity index (χ3v) is 4.59. The van der Waals surface area contributed by atoms with Crippen LogP contribution in [0.1, 0.15) is 48.8 Å². The highest BCUT2D eigenvalue weighted by atomic mass is 19.1. The zero-order valence-corrected chi connectivity index (χ0v) is 12.2. The fourth-order valence-corrected chi connectivity index (χ4v) is 3.29. The third-order valence-electron chi connectivity index (χ3n) is 4.59. The third kappa shape index (κ3) is 1.94. The molecule has 0 bridgehead atoms. The highest BCUT2D eigenvalue weighted by Crippen LogP contribution is 2.43. The Hall–Kier alpha value is -2.24. The Kier molecular flexibility index (Phi) is 2.82. The van der Waals surface area contributed by atoms with Gasteiger partial charge in [-0.2, -0.15) is 5.10 Å².